The monoisotopic (exact) mass is 968 g/mol. The molecule has 0 unspecified atom stereocenters. The van der Waals surface area contributed by atoms with Gasteiger partial charge in [-0.05, 0) is 62.3 Å². The molecule has 0 aliphatic heterocycles. The fraction of sp³-hybridized carbons (Fsp3) is 0.444. The second-order valence-corrected chi connectivity index (χ2v) is 18.1. The minimum Gasteiger partial charge on any atom is -0.461 e. The van der Waals surface area contributed by atoms with Gasteiger partial charge in [-0.25, -0.2) is 9.59 Å². The lowest BCUT2D eigenvalue weighted by Gasteiger charge is -2.33. The molecule has 0 radical (unpaired) electrons. The number of benzene rings is 4. The van der Waals surface area contributed by atoms with E-state index in [1.807, 2.05) is 97.1 Å². The zero-order valence-corrected chi connectivity index (χ0v) is 41.0. The molecule has 0 aliphatic rings. The van der Waals surface area contributed by atoms with E-state index in [1.165, 1.54) is 18.7 Å². The molecule has 4 rings (SSSR count). The summed E-state index contributed by atoms with van der Waals surface area (Å²) in [4.78, 5) is 83.0. The lowest BCUT2D eigenvalue weighted by molar-refractivity contribution is -0.153. The summed E-state index contributed by atoms with van der Waals surface area (Å²) < 4.78 is 39.2. The number of carbonyl (C=O) groups is 6. The summed E-state index contributed by atoms with van der Waals surface area (Å²) in [5, 5.41) is 10.4. The average molecular weight is 969 g/mol. The van der Waals surface area contributed by atoms with Gasteiger partial charge >= 0.3 is 36.1 Å². The van der Waals surface area contributed by atoms with Crippen molar-refractivity contribution in [2.75, 3.05) is 26.3 Å². The minimum atomic E-state index is -1.89. The lowest BCUT2D eigenvalue weighted by Crippen LogP contribution is -2.47. The van der Waals surface area contributed by atoms with Crippen LogP contribution in [-0.2, 0) is 78.8 Å². The number of amides is 2. The number of nitrogens with zero attached hydrogens (tertiary/aromatic N) is 2. The van der Waals surface area contributed by atoms with E-state index < -0.39 is 72.4 Å². The van der Waals surface area contributed by atoms with Crippen LogP contribution in [0.3, 0.4) is 0 Å². The van der Waals surface area contributed by atoms with E-state index in [2.05, 4.69) is 0 Å². The quantitative estimate of drug-likeness (QED) is 0.0245. The Labute approximate surface area is 411 Å². The first-order chi connectivity index (χ1) is 33.4. The maximum Gasteiger partial charge on any atom is 0.412 e. The molecule has 0 saturated carbocycles. The first-order valence-electron chi connectivity index (χ1n) is 23.5. The van der Waals surface area contributed by atoms with Gasteiger partial charge in [0.05, 0.1) is 44.4 Å². The molecule has 2 amide bonds. The first kappa shape index (κ1) is 55.8. The number of unbranched alkanes of at least 4 members (excludes halogenated alkanes) is 2. The van der Waals surface area contributed by atoms with Crippen molar-refractivity contribution in [1.82, 2.24) is 9.80 Å². The van der Waals surface area contributed by atoms with E-state index in [9.17, 15) is 33.9 Å². The van der Waals surface area contributed by atoms with Crippen molar-refractivity contribution in [3.05, 3.63) is 144 Å². The Morgan fingerprint density at radius 1 is 0.443 bits per heavy atom. The molecule has 16 nitrogen and oxygen atoms in total. The Hall–Kier alpha value is -6.78. The van der Waals surface area contributed by atoms with Crippen LogP contribution in [-0.4, -0.2) is 101 Å². The van der Waals surface area contributed by atoms with Crippen molar-refractivity contribution >= 4 is 36.1 Å². The number of carbonyl (C=O) groups excluding carboxylic acids is 6. The summed E-state index contributed by atoms with van der Waals surface area (Å²) in [6, 6.07) is 34.3. The summed E-state index contributed by atoms with van der Waals surface area (Å²) in [5.74, 6) is -4.46. The van der Waals surface area contributed by atoms with Crippen molar-refractivity contribution in [3.8, 4) is 0 Å². The zero-order chi connectivity index (χ0) is 50.8. The average Bonchev–Trinajstić information content (AvgIpc) is 3.32. The molecule has 0 atom stereocenters. The smallest absolute Gasteiger partial charge is 0.412 e. The van der Waals surface area contributed by atoms with Gasteiger partial charge in [0.1, 0.15) is 32.0 Å². The van der Waals surface area contributed by atoms with Gasteiger partial charge in [0.15, 0.2) is 0 Å². The Kier molecular flexibility index (Phi) is 23.4. The maximum absolute atomic E-state index is 13.8. The van der Waals surface area contributed by atoms with Crippen LogP contribution in [0.4, 0.5) is 9.59 Å². The van der Waals surface area contributed by atoms with Crippen molar-refractivity contribution in [2.24, 2.45) is 0 Å². The number of aliphatic hydroxyl groups is 1. The van der Waals surface area contributed by atoms with Crippen LogP contribution >= 0.6 is 0 Å². The molecular formula is C54H68N2O14. The highest BCUT2D eigenvalue weighted by atomic mass is 16.7. The molecule has 0 spiro atoms. The van der Waals surface area contributed by atoms with Crippen LogP contribution in [0.2, 0.25) is 0 Å². The molecule has 0 saturated heterocycles. The molecule has 378 valence electrons. The van der Waals surface area contributed by atoms with Gasteiger partial charge in [0.25, 0.3) is 0 Å². The molecule has 0 heterocycles. The van der Waals surface area contributed by atoms with E-state index in [1.54, 1.807) is 45.0 Å². The third-order valence-corrected chi connectivity index (χ3v) is 10.3. The molecular weight excluding hydrogens is 901 g/mol. The van der Waals surface area contributed by atoms with Crippen LogP contribution in [0.25, 0.3) is 0 Å². The summed E-state index contributed by atoms with van der Waals surface area (Å²) in [6.07, 6.45) is -1.59. The van der Waals surface area contributed by atoms with Crippen LogP contribution < -0.4 is 0 Å². The summed E-state index contributed by atoms with van der Waals surface area (Å²) >= 11 is 0. The largest absolute Gasteiger partial charge is 0.461 e. The van der Waals surface area contributed by atoms with Crippen molar-refractivity contribution < 1.29 is 67.0 Å². The Balaban J connectivity index is 1.40. The Morgan fingerprint density at radius 2 is 0.771 bits per heavy atom. The third-order valence-electron chi connectivity index (χ3n) is 10.3. The number of rotatable bonds is 28. The Bertz CT molecular complexity index is 1920. The van der Waals surface area contributed by atoms with E-state index in [0.29, 0.717) is 19.3 Å². The molecule has 70 heavy (non-hydrogen) atoms. The summed E-state index contributed by atoms with van der Waals surface area (Å²) in [6.45, 7) is 7.85. The highest BCUT2D eigenvalue weighted by Crippen LogP contribution is 2.21. The fourth-order valence-corrected chi connectivity index (χ4v) is 6.91. The number of esters is 4. The molecule has 16 heteroatoms. The van der Waals surface area contributed by atoms with E-state index >= 15 is 0 Å². The number of ether oxygens (including phenoxy) is 7. The second-order valence-electron chi connectivity index (χ2n) is 18.1. The number of hydrogen-bond acceptors (Lipinski definition) is 14. The normalized spacial score (nSPS) is 11.4. The number of hydrogen-bond donors (Lipinski definition) is 1. The molecule has 0 aliphatic carbocycles. The topological polar surface area (TPSA) is 194 Å². The van der Waals surface area contributed by atoms with Crippen molar-refractivity contribution in [1.29, 1.82) is 0 Å². The predicted octanol–water partition coefficient (Wildman–Crippen LogP) is 8.85. The molecule has 4 aromatic rings. The van der Waals surface area contributed by atoms with Gasteiger partial charge in [-0.15, -0.1) is 0 Å². The van der Waals surface area contributed by atoms with Gasteiger partial charge in [0.2, 0.25) is 5.79 Å². The fourth-order valence-electron chi connectivity index (χ4n) is 6.91. The van der Waals surface area contributed by atoms with Gasteiger partial charge in [-0.2, -0.15) is 0 Å². The molecule has 0 bridgehead atoms. The van der Waals surface area contributed by atoms with Gasteiger partial charge in [-0.3, -0.25) is 19.2 Å². The predicted molar refractivity (Wildman–Crippen MR) is 258 cm³/mol. The molecule has 0 fully saturated rings. The summed E-state index contributed by atoms with van der Waals surface area (Å²) in [7, 11) is 0. The SMILES string of the molecule is CC(C)(C)OC(=O)N(CCCCCOCCN(C(=O)OC(C)(C)O)C(CC(=O)OCc1ccccc1)CC(=O)OCc1ccccc1)C(CC(=O)OCc1ccccc1)CC(=O)OCc1ccccc1. The second kappa shape index (κ2) is 29.3. The molecule has 1 N–H and O–H groups in total. The van der Waals surface area contributed by atoms with E-state index in [4.69, 9.17) is 33.2 Å². The van der Waals surface area contributed by atoms with Crippen molar-refractivity contribution in [3.63, 3.8) is 0 Å². The van der Waals surface area contributed by atoms with Gasteiger partial charge in [0, 0.05) is 33.5 Å². The molecule has 4 aromatic carbocycles. The lowest BCUT2D eigenvalue weighted by atomic mass is 10.1. The highest BCUT2D eigenvalue weighted by Gasteiger charge is 2.34. The Morgan fingerprint density at radius 3 is 1.10 bits per heavy atom. The van der Waals surface area contributed by atoms with Crippen LogP contribution in [0.1, 0.15) is 102 Å². The van der Waals surface area contributed by atoms with E-state index in [-0.39, 0.29) is 65.6 Å². The minimum absolute atomic E-state index is 0.0128. The van der Waals surface area contributed by atoms with Crippen LogP contribution in [0.15, 0.2) is 121 Å². The van der Waals surface area contributed by atoms with E-state index in [0.717, 1.165) is 27.2 Å². The van der Waals surface area contributed by atoms with Crippen LogP contribution in [0.5, 0.6) is 0 Å². The first-order valence-corrected chi connectivity index (χ1v) is 23.5. The van der Waals surface area contributed by atoms with Gasteiger partial charge < -0.3 is 48.1 Å². The van der Waals surface area contributed by atoms with Gasteiger partial charge in [-0.1, -0.05) is 121 Å². The third kappa shape index (κ3) is 23.0. The van der Waals surface area contributed by atoms with Crippen LogP contribution in [0, 0.1) is 0 Å². The van der Waals surface area contributed by atoms with Crippen molar-refractivity contribution in [2.45, 2.75) is 129 Å². The standard InChI is InChI=1S/C54H68N2O14/c1-53(2,3)69-51(61)55(45(33-47(57)65-37-41-21-11-6-12-22-41)34-48(58)66-38-42-23-13-7-14-24-42)29-19-10-20-31-64-32-30-56(52(62)70-54(4,5)63)46(35-49(59)67-39-43-25-15-8-16-26-43)36-50(60)68-40-44-27-17-9-18-28-44/h6-9,11-18,21-28,45-46,63H,10,19-20,29-40H2,1-5H3. The summed E-state index contributed by atoms with van der Waals surface area (Å²) in [5.41, 5.74) is 2.17. The zero-order valence-electron chi connectivity index (χ0n) is 41.0. The highest BCUT2D eigenvalue weighted by molar-refractivity contribution is 5.78. The molecule has 0 aromatic heterocycles. The maximum atomic E-state index is 13.8.